The summed E-state index contributed by atoms with van der Waals surface area (Å²) < 4.78 is 0. The number of nitrogens with zero attached hydrogens (tertiary/aromatic N) is 1. The van der Waals surface area contributed by atoms with Gasteiger partial charge in [0.2, 0.25) is 5.91 Å². The highest BCUT2D eigenvalue weighted by Crippen LogP contribution is 2.52. The molecule has 0 spiro atoms. The van der Waals surface area contributed by atoms with Crippen LogP contribution in [0.25, 0.3) is 6.08 Å². The normalized spacial score (nSPS) is 23.7. The van der Waals surface area contributed by atoms with Gasteiger partial charge in [0.25, 0.3) is 0 Å². The summed E-state index contributed by atoms with van der Waals surface area (Å²) in [5, 5.41) is 3.32. The fourth-order valence-electron chi connectivity index (χ4n) is 4.40. The molecule has 0 unspecified atom stereocenters. The van der Waals surface area contributed by atoms with Crippen molar-refractivity contribution in [2.75, 3.05) is 11.4 Å². The quantitative estimate of drug-likeness (QED) is 0.900. The summed E-state index contributed by atoms with van der Waals surface area (Å²) in [6.45, 7) is 7.35. The number of benzene rings is 2. The Labute approximate surface area is 155 Å². The Bertz CT molecular complexity index is 866. The average Bonchev–Trinajstić information content (AvgIpc) is 2.85. The van der Waals surface area contributed by atoms with Crippen LogP contribution in [0.5, 0.6) is 0 Å². The number of nitrogens with one attached hydrogen (secondary N) is 1. The number of fused-ring (bicyclic) bond motifs is 3. The fourth-order valence-corrected chi connectivity index (χ4v) is 4.40. The predicted molar refractivity (Wildman–Crippen MR) is 107 cm³/mol. The molecule has 2 aliphatic heterocycles. The van der Waals surface area contributed by atoms with Gasteiger partial charge in [-0.3, -0.25) is 4.79 Å². The first kappa shape index (κ1) is 16.9. The van der Waals surface area contributed by atoms with Crippen LogP contribution >= 0.6 is 0 Å². The molecule has 0 bridgehead atoms. The van der Waals surface area contributed by atoms with Crippen LogP contribution in [-0.4, -0.2) is 18.1 Å². The summed E-state index contributed by atoms with van der Waals surface area (Å²) in [5.41, 5.74) is 4.25. The lowest BCUT2D eigenvalue weighted by atomic mass is 9.74. The van der Waals surface area contributed by atoms with Crippen LogP contribution < -0.4 is 10.2 Å². The summed E-state index contributed by atoms with van der Waals surface area (Å²) in [6, 6.07) is 17.2. The van der Waals surface area contributed by atoms with Crippen molar-refractivity contribution in [3.05, 3.63) is 71.3 Å². The number of carbonyl (C=O) groups is 1. The van der Waals surface area contributed by atoms with Gasteiger partial charge in [-0.15, -0.1) is 0 Å². The number of rotatable bonds is 3. The molecule has 1 fully saturated rings. The molecular formula is C23H26N2O. The van der Waals surface area contributed by atoms with E-state index >= 15 is 0 Å². The number of amides is 1. The Morgan fingerprint density at radius 2 is 1.85 bits per heavy atom. The molecule has 1 atom stereocenters. The third kappa shape index (κ3) is 2.38. The fraction of sp³-hybridized carbons (Fsp3) is 0.348. The Hall–Kier alpha value is -2.55. The van der Waals surface area contributed by atoms with E-state index in [4.69, 9.17) is 0 Å². The number of para-hydroxylation sites is 1. The van der Waals surface area contributed by atoms with Crippen LogP contribution in [0.15, 0.2) is 54.6 Å². The third-order valence-corrected chi connectivity index (χ3v) is 6.04. The molecule has 0 aromatic heterocycles. The molecule has 134 valence electrons. The van der Waals surface area contributed by atoms with E-state index in [2.05, 4.69) is 91.7 Å². The zero-order chi connectivity index (χ0) is 18.4. The Balaban J connectivity index is 1.79. The zero-order valence-corrected chi connectivity index (χ0v) is 15.8. The largest absolute Gasteiger partial charge is 0.344 e. The molecule has 2 aliphatic rings. The van der Waals surface area contributed by atoms with Crippen LogP contribution in [-0.2, 0) is 16.6 Å². The van der Waals surface area contributed by atoms with Gasteiger partial charge in [0.05, 0.1) is 0 Å². The van der Waals surface area contributed by atoms with Crippen LogP contribution in [0.1, 0.15) is 43.9 Å². The Kier molecular flexibility index (Phi) is 3.91. The van der Waals surface area contributed by atoms with Crippen LogP contribution in [0.3, 0.4) is 0 Å². The maximum Gasteiger partial charge on any atom is 0.223 e. The number of anilines is 1. The molecule has 4 rings (SSSR count). The predicted octanol–water partition coefficient (Wildman–Crippen LogP) is 4.28. The van der Waals surface area contributed by atoms with Gasteiger partial charge in [0.1, 0.15) is 5.66 Å². The topological polar surface area (TPSA) is 32.3 Å². The molecule has 1 amide bonds. The van der Waals surface area contributed by atoms with Crippen molar-refractivity contribution in [2.24, 2.45) is 0 Å². The molecule has 3 nitrogen and oxygen atoms in total. The second kappa shape index (κ2) is 6.01. The Morgan fingerprint density at radius 1 is 1.12 bits per heavy atom. The van der Waals surface area contributed by atoms with E-state index in [1.807, 2.05) is 0 Å². The summed E-state index contributed by atoms with van der Waals surface area (Å²) >= 11 is 0. The molecule has 0 radical (unpaired) electrons. The van der Waals surface area contributed by atoms with Crippen molar-refractivity contribution < 1.29 is 4.79 Å². The van der Waals surface area contributed by atoms with Gasteiger partial charge in [0.15, 0.2) is 0 Å². The third-order valence-electron chi connectivity index (χ3n) is 6.04. The minimum absolute atomic E-state index is 0.119. The van der Waals surface area contributed by atoms with Crippen LogP contribution in [0, 0.1) is 0 Å². The smallest absolute Gasteiger partial charge is 0.223 e. The summed E-state index contributed by atoms with van der Waals surface area (Å²) in [4.78, 5) is 14.7. The number of hydrogen-bond donors (Lipinski definition) is 1. The van der Waals surface area contributed by atoms with E-state index in [0.717, 1.165) is 18.5 Å². The SMILES string of the molecule is CCc1ccc(C=C[C@]23NC(=O)CCN2c2ccccc2C3(C)C)cc1. The molecule has 0 aliphatic carbocycles. The van der Waals surface area contributed by atoms with Crippen molar-refractivity contribution in [2.45, 2.75) is 44.7 Å². The lowest BCUT2D eigenvalue weighted by Crippen LogP contribution is -2.68. The number of aryl methyl sites for hydroxylation is 1. The monoisotopic (exact) mass is 346 g/mol. The second-order valence-electron chi connectivity index (χ2n) is 7.79. The highest BCUT2D eigenvalue weighted by molar-refractivity contribution is 5.84. The van der Waals surface area contributed by atoms with Gasteiger partial charge in [-0.2, -0.15) is 0 Å². The van der Waals surface area contributed by atoms with Crippen LogP contribution in [0.2, 0.25) is 0 Å². The van der Waals surface area contributed by atoms with Gasteiger partial charge in [-0.1, -0.05) is 69.3 Å². The van der Waals surface area contributed by atoms with Gasteiger partial charge >= 0.3 is 0 Å². The molecule has 2 aromatic rings. The van der Waals surface area contributed by atoms with Crippen molar-refractivity contribution in [1.29, 1.82) is 0 Å². The zero-order valence-electron chi connectivity index (χ0n) is 15.8. The highest BCUT2D eigenvalue weighted by atomic mass is 16.2. The number of hydrogen-bond acceptors (Lipinski definition) is 2. The molecule has 3 heteroatoms. The average molecular weight is 346 g/mol. The molecule has 1 N–H and O–H groups in total. The lowest BCUT2D eigenvalue weighted by Gasteiger charge is -2.49. The first-order chi connectivity index (χ1) is 12.5. The summed E-state index contributed by atoms with van der Waals surface area (Å²) in [5.74, 6) is 0.119. The van der Waals surface area contributed by atoms with Crippen molar-refractivity contribution in [1.82, 2.24) is 5.32 Å². The van der Waals surface area contributed by atoms with E-state index in [0.29, 0.717) is 6.42 Å². The van der Waals surface area contributed by atoms with E-state index < -0.39 is 5.66 Å². The minimum atomic E-state index is -0.532. The van der Waals surface area contributed by atoms with Gasteiger partial charge in [0, 0.05) is 24.1 Å². The molecule has 2 aromatic carbocycles. The summed E-state index contributed by atoms with van der Waals surface area (Å²) in [7, 11) is 0. The standard InChI is InChI=1S/C23H26N2O/c1-4-17-9-11-18(12-10-17)13-15-23-22(2,3)19-7-5-6-8-20(19)25(23)16-14-21(26)24-23/h5-13,15H,4,14,16H2,1-3H3,(H,24,26)/t23-/m0/s1. The van der Waals surface area contributed by atoms with Gasteiger partial charge in [-0.25, -0.2) is 0 Å². The molecule has 1 saturated heterocycles. The molecule has 0 saturated carbocycles. The van der Waals surface area contributed by atoms with Crippen LogP contribution in [0.4, 0.5) is 5.69 Å². The second-order valence-corrected chi connectivity index (χ2v) is 7.79. The van der Waals surface area contributed by atoms with E-state index in [9.17, 15) is 4.79 Å². The summed E-state index contributed by atoms with van der Waals surface area (Å²) in [6.07, 6.45) is 5.90. The van der Waals surface area contributed by atoms with E-state index in [1.54, 1.807) is 0 Å². The van der Waals surface area contributed by atoms with Gasteiger partial charge < -0.3 is 10.2 Å². The maximum atomic E-state index is 12.4. The number of carbonyl (C=O) groups excluding carboxylic acids is 1. The first-order valence-corrected chi connectivity index (χ1v) is 9.44. The Morgan fingerprint density at radius 3 is 2.58 bits per heavy atom. The van der Waals surface area contributed by atoms with Crippen molar-refractivity contribution in [3.63, 3.8) is 0 Å². The molecular weight excluding hydrogens is 320 g/mol. The van der Waals surface area contributed by atoms with Crippen molar-refractivity contribution >= 4 is 17.7 Å². The lowest BCUT2D eigenvalue weighted by molar-refractivity contribution is -0.124. The van der Waals surface area contributed by atoms with E-state index in [1.165, 1.54) is 16.8 Å². The van der Waals surface area contributed by atoms with Crippen molar-refractivity contribution in [3.8, 4) is 0 Å². The first-order valence-electron chi connectivity index (χ1n) is 9.44. The molecule has 26 heavy (non-hydrogen) atoms. The van der Waals surface area contributed by atoms with E-state index in [-0.39, 0.29) is 11.3 Å². The highest BCUT2D eigenvalue weighted by Gasteiger charge is 2.57. The maximum absolute atomic E-state index is 12.4. The molecule has 2 heterocycles. The minimum Gasteiger partial charge on any atom is -0.344 e. The van der Waals surface area contributed by atoms with Gasteiger partial charge in [-0.05, 0) is 35.3 Å².